The van der Waals surface area contributed by atoms with Gasteiger partial charge >= 0.3 is 0 Å². The van der Waals surface area contributed by atoms with E-state index in [1.54, 1.807) is 0 Å². The van der Waals surface area contributed by atoms with Crippen LogP contribution < -0.4 is 10.5 Å². The summed E-state index contributed by atoms with van der Waals surface area (Å²) in [5.74, 6) is 2.69. The molecule has 0 fully saturated rings. The van der Waals surface area contributed by atoms with E-state index in [9.17, 15) is 0 Å². The second kappa shape index (κ2) is 6.54. The van der Waals surface area contributed by atoms with Gasteiger partial charge < -0.3 is 10.5 Å². The van der Waals surface area contributed by atoms with Crippen LogP contribution in [0.2, 0.25) is 0 Å². The zero-order chi connectivity index (χ0) is 13.7. The van der Waals surface area contributed by atoms with Crippen molar-refractivity contribution in [1.29, 1.82) is 0 Å². The van der Waals surface area contributed by atoms with Gasteiger partial charge in [-0.2, -0.15) is 0 Å². The Hall–Kier alpha value is -1.59. The maximum atomic E-state index is 5.90. The van der Waals surface area contributed by atoms with Crippen LogP contribution in [0.15, 0.2) is 24.3 Å². The fourth-order valence-corrected chi connectivity index (χ4v) is 2.06. The molecule has 5 nitrogen and oxygen atoms in total. The first-order valence-electron chi connectivity index (χ1n) is 6.22. The number of nitrogens with two attached hydrogens (primary N) is 1. The Kier molecular flexibility index (Phi) is 4.76. The van der Waals surface area contributed by atoms with E-state index in [0.29, 0.717) is 31.3 Å². The van der Waals surface area contributed by atoms with Crippen LogP contribution in [0.1, 0.15) is 18.6 Å². The van der Waals surface area contributed by atoms with Crippen molar-refractivity contribution in [2.75, 3.05) is 13.2 Å². The first-order chi connectivity index (χ1) is 9.30. The van der Waals surface area contributed by atoms with E-state index in [1.807, 2.05) is 35.8 Å². The SMILES string of the molecule is CCOc1ccc(-n2c(CCl)nnc2CCN)cc1. The number of hydrogen-bond acceptors (Lipinski definition) is 4. The normalized spacial score (nSPS) is 10.7. The second-order valence-electron chi connectivity index (χ2n) is 3.97. The number of aromatic nitrogens is 3. The van der Waals surface area contributed by atoms with Crippen LogP contribution in [-0.4, -0.2) is 27.9 Å². The van der Waals surface area contributed by atoms with Crippen LogP contribution in [-0.2, 0) is 12.3 Å². The number of ether oxygens (including phenoxy) is 1. The monoisotopic (exact) mass is 280 g/mol. The lowest BCUT2D eigenvalue weighted by Gasteiger charge is -2.10. The van der Waals surface area contributed by atoms with Gasteiger partial charge in [0.1, 0.15) is 11.6 Å². The van der Waals surface area contributed by atoms with Gasteiger partial charge in [-0.1, -0.05) is 0 Å². The molecule has 2 N–H and O–H groups in total. The highest BCUT2D eigenvalue weighted by atomic mass is 35.5. The summed E-state index contributed by atoms with van der Waals surface area (Å²) in [5, 5.41) is 8.21. The molecule has 6 heteroatoms. The number of rotatable bonds is 6. The summed E-state index contributed by atoms with van der Waals surface area (Å²) in [5.41, 5.74) is 6.55. The molecule has 0 bridgehead atoms. The van der Waals surface area contributed by atoms with Gasteiger partial charge in [-0.25, -0.2) is 0 Å². The van der Waals surface area contributed by atoms with Gasteiger partial charge in [0.05, 0.1) is 12.5 Å². The molecule has 0 unspecified atom stereocenters. The van der Waals surface area contributed by atoms with Crippen LogP contribution in [0.5, 0.6) is 5.75 Å². The predicted molar refractivity (Wildman–Crippen MR) is 74.8 cm³/mol. The van der Waals surface area contributed by atoms with Crippen molar-refractivity contribution in [2.24, 2.45) is 5.73 Å². The summed E-state index contributed by atoms with van der Waals surface area (Å²) < 4.78 is 7.37. The molecule has 102 valence electrons. The summed E-state index contributed by atoms with van der Waals surface area (Å²) >= 11 is 5.90. The quantitative estimate of drug-likeness (QED) is 0.821. The molecular weight excluding hydrogens is 264 g/mol. The van der Waals surface area contributed by atoms with Crippen molar-refractivity contribution in [3.05, 3.63) is 35.9 Å². The molecule has 0 saturated carbocycles. The summed E-state index contributed by atoms with van der Waals surface area (Å²) in [6, 6.07) is 7.76. The van der Waals surface area contributed by atoms with Crippen molar-refractivity contribution in [2.45, 2.75) is 19.2 Å². The second-order valence-corrected chi connectivity index (χ2v) is 4.23. The van der Waals surface area contributed by atoms with Crippen LogP contribution in [0.25, 0.3) is 5.69 Å². The van der Waals surface area contributed by atoms with Crippen molar-refractivity contribution in [1.82, 2.24) is 14.8 Å². The minimum atomic E-state index is 0.310. The Morgan fingerprint density at radius 3 is 2.47 bits per heavy atom. The molecule has 2 rings (SSSR count). The average Bonchev–Trinajstić information content (AvgIpc) is 2.83. The number of halogens is 1. The van der Waals surface area contributed by atoms with Gasteiger partial charge in [0.15, 0.2) is 5.82 Å². The zero-order valence-corrected chi connectivity index (χ0v) is 11.6. The zero-order valence-electron chi connectivity index (χ0n) is 10.8. The van der Waals surface area contributed by atoms with Gasteiger partial charge in [0.25, 0.3) is 0 Å². The van der Waals surface area contributed by atoms with Gasteiger partial charge in [-0.15, -0.1) is 21.8 Å². The van der Waals surface area contributed by atoms with Crippen molar-refractivity contribution in [3.8, 4) is 11.4 Å². The van der Waals surface area contributed by atoms with E-state index in [4.69, 9.17) is 22.1 Å². The Balaban J connectivity index is 2.36. The predicted octanol–water partition coefficient (Wildman–Crippen LogP) is 1.91. The van der Waals surface area contributed by atoms with Crippen LogP contribution in [0.3, 0.4) is 0 Å². The summed E-state index contributed by atoms with van der Waals surface area (Å²) in [4.78, 5) is 0. The third-order valence-corrected chi connectivity index (χ3v) is 2.93. The highest BCUT2D eigenvalue weighted by molar-refractivity contribution is 6.16. The molecule has 1 aromatic carbocycles. The highest BCUT2D eigenvalue weighted by Gasteiger charge is 2.12. The lowest BCUT2D eigenvalue weighted by atomic mass is 10.3. The summed E-state index contributed by atoms with van der Waals surface area (Å²) in [7, 11) is 0. The van der Waals surface area contributed by atoms with Gasteiger partial charge in [0.2, 0.25) is 0 Å². The first kappa shape index (κ1) is 13.8. The third kappa shape index (κ3) is 3.05. The smallest absolute Gasteiger partial charge is 0.152 e. The summed E-state index contributed by atoms with van der Waals surface area (Å²) in [6.07, 6.45) is 0.664. The topological polar surface area (TPSA) is 66.0 Å². The largest absolute Gasteiger partial charge is 0.494 e. The molecule has 0 radical (unpaired) electrons. The molecular formula is C13H17ClN4O. The lowest BCUT2D eigenvalue weighted by Crippen LogP contribution is -2.10. The summed E-state index contributed by atoms with van der Waals surface area (Å²) in [6.45, 7) is 3.13. The van der Waals surface area contributed by atoms with E-state index in [1.165, 1.54) is 0 Å². The van der Waals surface area contributed by atoms with Gasteiger partial charge in [-0.05, 0) is 37.7 Å². The molecule has 1 heterocycles. The van der Waals surface area contributed by atoms with Crippen molar-refractivity contribution in [3.63, 3.8) is 0 Å². The van der Waals surface area contributed by atoms with Gasteiger partial charge in [0, 0.05) is 12.1 Å². The third-order valence-electron chi connectivity index (χ3n) is 2.69. The van der Waals surface area contributed by atoms with E-state index in [2.05, 4.69) is 10.2 Å². The number of benzene rings is 1. The van der Waals surface area contributed by atoms with E-state index >= 15 is 0 Å². The van der Waals surface area contributed by atoms with E-state index in [0.717, 1.165) is 17.3 Å². The minimum absolute atomic E-state index is 0.310. The maximum absolute atomic E-state index is 5.90. The van der Waals surface area contributed by atoms with Gasteiger partial charge in [-0.3, -0.25) is 4.57 Å². The fourth-order valence-electron chi connectivity index (χ4n) is 1.89. The molecule has 1 aromatic heterocycles. The molecule has 0 amide bonds. The Bertz CT molecular complexity index is 524. The van der Waals surface area contributed by atoms with Crippen molar-refractivity contribution >= 4 is 11.6 Å². The van der Waals surface area contributed by atoms with Crippen molar-refractivity contribution < 1.29 is 4.74 Å². The first-order valence-corrected chi connectivity index (χ1v) is 6.76. The number of alkyl halides is 1. The fraction of sp³-hybridized carbons (Fsp3) is 0.385. The Labute approximate surface area is 117 Å². The average molecular weight is 281 g/mol. The molecule has 0 saturated heterocycles. The lowest BCUT2D eigenvalue weighted by molar-refractivity contribution is 0.340. The molecule has 0 aliphatic carbocycles. The Morgan fingerprint density at radius 2 is 1.89 bits per heavy atom. The van der Waals surface area contributed by atoms with Crippen LogP contribution in [0.4, 0.5) is 0 Å². The molecule has 2 aromatic rings. The molecule has 0 aliphatic rings. The maximum Gasteiger partial charge on any atom is 0.152 e. The number of nitrogens with zero attached hydrogens (tertiary/aromatic N) is 3. The standard InChI is InChI=1S/C13H17ClN4O/c1-2-19-11-5-3-10(4-6-11)18-12(7-8-15)16-17-13(18)9-14/h3-6H,2,7-9,15H2,1H3. The molecule has 0 aliphatic heterocycles. The van der Waals surface area contributed by atoms with E-state index < -0.39 is 0 Å². The Morgan fingerprint density at radius 1 is 1.21 bits per heavy atom. The van der Waals surface area contributed by atoms with Crippen LogP contribution in [0, 0.1) is 0 Å². The van der Waals surface area contributed by atoms with Crippen LogP contribution >= 0.6 is 11.6 Å². The highest BCUT2D eigenvalue weighted by Crippen LogP contribution is 2.19. The molecule has 19 heavy (non-hydrogen) atoms. The molecule has 0 atom stereocenters. The number of hydrogen-bond donors (Lipinski definition) is 1. The van der Waals surface area contributed by atoms with E-state index in [-0.39, 0.29) is 0 Å². The minimum Gasteiger partial charge on any atom is -0.494 e. The molecule has 0 spiro atoms.